The standard InChI is InChI=1S/C26H30N4O4S/c1-5-14-30-23(16-34-22-12-10-19(11-13-22)18(3)4)28-29-26(30)35-17-24(31)27-21-9-7-8-20(15-21)25(32)33-6-2/h5,7-13,15,18H,1,6,14,16-17H2,2-4H3,(H,27,31). The number of benzene rings is 2. The summed E-state index contributed by atoms with van der Waals surface area (Å²) in [5.41, 5.74) is 2.15. The zero-order valence-corrected chi connectivity index (χ0v) is 21.0. The second-order valence-electron chi connectivity index (χ2n) is 7.95. The molecule has 1 amide bonds. The van der Waals surface area contributed by atoms with Crippen LogP contribution in [0.25, 0.3) is 0 Å². The Morgan fingerprint density at radius 1 is 1.17 bits per heavy atom. The lowest BCUT2D eigenvalue weighted by Crippen LogP contribution is -2.15. The van der Waals surface area contributed by atoms with Gasteiger partial charge in [0.1, 0.15) is 12.4 Å². The quantitative estimate of drug-likeness (QED) is 0.213. The van der Waals surface area contributed by atoms with Crippen molar-refractivity contribution >= 4 is 29.3 Å². The van der Waals surface area contributed by atoms with Crippen molar-refractivity contribution in [2.45, 2.75) is 45.0 Å². The number of hydrogen-bond donors (Lipinski definition) is 1. The average Bonchev–Trinajstić information content (AvgIpc) is 3.23. The summed E-state index contributed by atoms with van der Waals surface area (Å²) >= 11 is 1.26. The molecule has 8 nitrogen and oxygen atoms in total. The van der Waals surface area contributed by atoms with Crippen molar-refractivity contribution in [1.82, 2.24) is 14.8 Å². The van der Waals surface area contributed by atoms with Crippen LogP contribution in [0.5, 0.6) is 5.75 Å². The Balaban J connectivity index is 1.59. The van der Waals surface area contributed by atoms with E-state index in [0.717, 1.165) is 5.75 Å². The Morgan fingerprint density at radius 3 is 2.63 bits per heavy atom. The predicted octanol–water partition coefficient (Wildman–Crippen LogP) is 5.07. The van der Waals surface area contributed by atoms with Crippen LogP contribution in [-0.2, 0) is 22.7 Å². The minimum Gasteiger partial charge on any atom is -0.486 e. The summed E-state index contributed by atoms with van der Waals surface area (Å²) in [5.74, 6) is 1.31. The number of ether oxygens (including phenoxy) is 2. The summed E-state index contributed by atoms with van der Waals surface area (Å²) < 4.78 is 12.8. The van der Waals surface area contributed by atoms with E-state index in [9.17, 15) is 9.59 Å². The largest absolute Gasteiger partial charge is 0.486 e. The van der Waals surface area contributed by atoms with E-state index in [1.165, 1.54) is 17.3 Å². The Bertz CT molecular complexity index is 1160. The summed E-state index contributed by atoms with van der Waals surface area (Å²) in [5, 5.41) is 11.9. The van der Waals surface area contributed by atoms with Crippen LogP contribution < -0.4 is 10.1 Å². The van der Waals surface area contributed by atoms with Crippen molar-refractivity contribution < 1.29 is 19.1 Å². The number of allylic oxidation sites excluding steroid dienone is 1. The van der Waals surface area contributed by atoms with Gasteiger partial charge in [-0.3, -0.25) is 9.36 Å². The number of amides is 1. The number of nitrogens with one attached hydrogen (secondary N) is 1. The van der Waals surface area contributed by atoms with Crippen molar-refractivity contribution in [3.8, 4) is 5.75 Å². The number of rotatable bonds is 12. The van der Waals surface area contributed by atoms with Gasteiger partial charge in [-0.2, -0.15) is 0 Å². The predicted molar refractivity (Wildman–Crippen MR) is 137 cm³/mol. The maximum Gasteiger partial charge on any atom is 0.338 e. The number of thioether (sulfide) groups is 1. The monoisotopic (exact) mass is 494 g/mol. The molecule has 3 aromatic rings. The number of aromatic nitrogens is 3. The van der Waals surface area contributed by atoms with Crippen molar-refractivity contribution in [3.63, 3.8) is 0 Å². The van der Waals surface area contributed by atoms with E-state index >= 15 is 0 Å². The number of carbonyl (C=O) groups is 2. The van der Waals surface area contributed by atoms with Crippen LogP contribution in [0.15, 0.2) is 66.3 Å². The van der Waals surface area contributed by atoms with Gasteiger partial charge in [-0.1, -0.05) is 49.9 Å². The highest BCUT2D eigenvalue weighted by atomic mass is 32.2. The number of esters is 1. The lowest BCUT2D eigenvalue weighted by atomic mass is 10.0. The molecule has 35 heavy (non-hydrogen) atoms. The third-order valence-electron chi connectivity index (χ3n) is 5.01. The fraction of sp³-hybridized carbons (Fsp3) is 0.308. The second kappa shape index (κ2) is 12.8. The lowest BCUT2D eigenvalue weighted by molar-refractivity contribution is -0.113. The molecule has 1 heterocycles. The summed E-state index contributed by atoms with van der Waals surface area (Å²) in [6.45, 7) is 10.9. The molecule has 0 bridgehead atoms. The normalized spacial score (nSPS) is 10.7. The molecule has 9 heteroatoms. The number of anilines is 1. The van der Waals surface area contributed by atoms with Crippen LogP contribution in [-0.4, -0.2) is 39.0 Å². The Kier molecular flexibility index (Phi) is 9.48. The Labute approximate surface area is 209 Å². The van der Waals surface area contributed by atoms with Crippen LogP contribution in [0.2, 0.25) is 0 Å². The van der Waals surface area contributed by atoms with E-state index in [0.29, 0.717) is 34.7 Å². The molecule has 0 aliphatic rings. The maximum absolute atomic E-state index is 12.5. The third-order valence-corrected chi connectivity index (χ3v) is 5.98. The summed E-state index contributed by atoms with van der Waals surface area (Å²) in [6.07, 6.45) is 1.75. The van der Waals surface area contributed by atoms with E-state index in [1.807, 2.05) is 16.7 Å². The fourth-order valence-corrected chi connectivity index (χ4v) is 3.97. The molecule has 184 valence electrons. The van der Waals surface area contributed by atoms with Crippen molar-refractivity contribution in [3.05, 3.63) is 78.1 Å². The smallest absolute Gasteiger partial charge is 0.338 e. The summed E-state index contributed by atoms with van der Waals surface area (Å²) in [7, 11) is 0. The van der Waals surface area contributed by atoms with E-state index in [2.05, 4.69) is 48.1 Å². The van der Waals surface area contributed by atoms with Crippen LogP contribution in [0.3, 0.4) is 0 Å². The molecule has 0 spiro atoms. The minimum atomic E-state index is -0.430. The topological polar surface area (TPSA) is 95.3 Å². The van der Waals surface area contributed by atoms with E-state index in [-0.39, 0.29) is 24.9 Å². The zero-order valence-electron chi connectivity index (χ0n) is 20.2. The molecular weight excluding hydrogens is 464 g/mol. The highest BCUT2D eigenvalue weighted by molar-refractivity contribution is 7.99. The number of hydrogen-bond acceptors (Lipinski definition) is 7. The van der Waals surface area contributed by atoms with Crippen molar-refractivity contribution in [1.29, 1.82) is 0 Å². The summed E-state index contributed by atoms with van der Waals surface area (Å²) in [6, 6.07) is 14.6. The van der Waals surface area contributed by atoms with Gasteiger partial charge in [0.05, 0.1) is 17.9 Å². The van der Waals surface area contributed by atoms with E-state index in [4.69, 9.17) is 9.47 Å². The molecule has 1 aromatic heterocycles. The molecule has 0 aliphatic heterocycles. The fourth-order valence-electron chi connectivity index (χ4n) is 3.21. The first-order valence-corrected chi connectivity index (χ1v) is 12.3. The minimum absolute atomic E-state index is 0.121. The molecule has 0 saturated carbocycles. The van der Waals surface area contributed by atoms with E-state index in [1.54, 1.807) is 37.3 Å². The first kappa shape index (κ1) is 26.0. The van der Waals surface area contributed by atoms with Gasteiger partial charge in [0.15, 0.2) is 11.0 Å². The molecule has 0 fully saturated rings. The van der Waals surface area contributed by atoms with Crippen molar-refractivity contribution in [2.24, 2.45) is 0 Å². The molecule has 3 rings (SSSR count). The molecule has 1 N–H and O–H groups in total. The first-order chi connectivity index (χ1) is 16.9. The van der Waals surface area contributed by atoms with Crippen LogP contribution in [0.4, 0.5) is 5.69 Å². The summed E-state index contributed by atoms with van der Waals surface area (Å²) in [4.78, 5) is 24.4. The van der Waals surface area contributed by atoms with Gasteiger partial charge in [0.2, 0.25) is 5.91 Å². The molecule has 0 saturated heterocycles. The molecular formula is C26H30N4O4S. The molecule has 0 atom stereocenters. The maximum atomic E-state index is 12.5. The van der Waals surface area contributed by atoms with Gasteiger partial charge in [-0.15, -0.1) is 16.8 Å². The van der Waals surface area contributed by atoms with Gasteiger partial charge < -0.3 is 14.8 Å². The van der Waals surface area contributed by atoms with Crippen molar-refractivity contribution in [2.75, 3.05) is 17.7 Å². The second-order valence-corrected chi connectivity index (χ2v) is 8.89. The van der Waals surface area contributed by atoms with Gasteiger partial charge in [-0.05, 0) is 48.7 Å². The highest BCUT2D eigenvalue weighted by Crippen LogP contribution is 2.22. The third kappa shape index (κ3) is 7.45. The van der Waals surface area contributed by atoms with Crippen LogP contribution in [0.1, 0.15) is 48.4 Å². The molecule has 0 aliphatic carbocycles. The molecule has 0 unspecified atom stereocenters. The molecule has 2 aromatic carbocycles. The number of nitrogens with zero attached hydrogens (tertiary/aromatic N) is 3. The van der Waals surface area contributed by atoms with Gasteiger partial charge in [0.25, 0.3) is 0 Å². The van der Waals surface area contributed by atoms with E-state index < -0.39 is 5.97 Å². The van der Waals surface area contributed by atoms with Gasteiger partial charge >= 0.3 is 5.97 Å². The van der Waals surface area contributed by atoms with Crippen LogP contribution in [0, 0.1) is 0 Å². The lowest BCUT2D eigenvalue weighted by Gasteiger charge is -2.11. The van der Waals surface area contributed by atoms with Crippen LogP contribution >= 0.6 is 11.8 Å². The highest BCUT2D eigenvalue weighted by Gasteiger charge is 2.15. The van der Waals surface area contributed by atoms with Gasteiger partial charge in [-0.25, -0.2) is 4.79 Å². The molecule has 0 radical (unpaired) electrons. The van der Waals surface area contributed by atoms with Gasteiger partial charge in [0, 0.05) is 12.2 Å². The Hall–Kier alpha value is -3.59. The first-order valence-electron chi connectivity index (χ1n) is 11.4. The number of carbonyl (C=O) groups excluding carboxylic acids is 2. The Morgan fingerprint density at radius 2 is 1.94 bits per heavy atom. The average molecular weight is 495 g/mol. The SMILES string of the molecule is C=CCn1c(COc2ccc(C(C)C)cc2)nnc1SCC(=O)Nc1cccc(C(=O)OCC)c1. The zero-order chi connectivity index (χ0) is 25.2.